The minimum absolute atomic E-state index is 0.311. The fourth-order valence-corrected chi connectivity index (χ4v) is 2.19. The molecule has 0 saturated carbocycles. The number of halogens is 1. The van der Waals surface area contributed by atoms with Gasteiger partial charge in [-0.3, -0.25) is 0 Å². The van der Waals surface area contributed by atoms with Crippen LogP contribution in [0.2, 0.25) is 0 Å². The normalized spacial score (nSPS) is 10.4. The summed E-state index contributed by atoms with van der Waals surface area (Å²) in [6.45, 7) is 1.37. The standard InChI is InChI=1S/C15H16BrNO2/c1-19-14-5-2-11(3-6-14)9-17-10-12-8-13(16)4-7-15(12)18/h2-8,17-18H,9-10H2,1H3. The Labute approximate surface area is 121 Å². The Balaban J connectivity index is 1.90. The second-order valence-electron chi connectivity index (χ2n) is 4.22. The van der Waals surface area contributed by atoms with Crippen LogP contribution in [0.4, 0.5) is 0 Å². The Morgan fingerprint density at radius 3 is 2.53 bits per heavy atom. The Bertz CT molecular complexity index is 540. The quantitative estimate of drug-likeness (QED) is 0.886. The van der Waals surface area contributed by atoms with Crippen molar-refractivity contribution in [1.29, 1.82) is 0 Å². The molecule has 4 heteroatoms. The van der Waals surface area contributed by atoms with Crippen molar-refractivity contribution < 1.29 is 9.84 Å². The van der Waals surface area contributed by atoms with Gasteiger partial charge >= 0.3 is 0 Å². The summed E-state index contributed by atoms with van der Waals surface area (Å²) in [6.07, 6.45) is 0. The molecule has 0 radical (unpaired) electrons. The summed E-state index contributed by atoms with van der Waals surface area (Å²) in [5.41, 5.74) is 2.05. The van der Waals surface area contributed by atoms with Gasteiger partial charge in [0.25, 0.3) is 0 Å². The zero-order valence-corrected chi connectivity index (χ0v) is 12.3. The Hall–Kier alpha value is -1.52. The van der Waals surface area contributed by atoms with Gasteiger partial charge in [0, 0.05) is 23.1 Å². The summed E-state index contributed by atoms with van der Waals surface area (Å²) in [7, 11) is 1.66. The Morgan fingerprint density at radius 2 is 1.84 bits per heavy atom. The SMILES string of the molecule is COc1ccc(CNCc2cc(Br)ccc2O)cc1. The first-order valence-corrected chi connectivity index (χ1v) is 6.79. The van der Waals surface area contributed by atoms with Crippen molar-refractivity contribution in [2.45, 2.75) is 13.1 Å². The lowest BCUT2D eigenvalue weighted by molar-refractivity contribution is 0.414. The van der Waals surface area contributed by atoms with Crippen molar-refractivity contribution in [3.05, 3.63) is 58.1 Å². The number of rotatable bonds is 5. The van der Waals surface area contributed by atoms with Crippen LogP contribution in [-0.4, -0.2) is 12.2 Å². The molecule has 0 atom stereocenters. The largest absolute Gasteiger partial charge is 0.508 e. The maximum Gasteiger partial charge on any atom is 0.120 e. The molecule has 0 fully saturated rings. The van der Waals surface area contributed by atoms with Crippen LogP contribution in [0.5, 0.6) is 11.5 Å². The van der Waals surface area contributed by atoms with Crippen LogP contribution < -0.4 is 10.1 Å². The molecule has 100 valence electrons. The first kappa shape index (κ1) is 13.9. The van der Waals surface area contributed by atoms with E-state index in [2.05, 4.69) is 21.2 Å². The number of phenolic OH excluding ortho intramolecular Hbond substituents is 1. The van der Waals surface area contributed by atoms with E-state index in [0.717, 1.165) is 22.3 Å². The Kier molecular flexibility index (Phi) is 4.82. The second kappa shape index (κ2) is 6.59. The predicted molar refractivity (Wildman–Crippen MR) is 79.3 cm³/mol. The lowest BCUT2D eigenvalue weighted by Gasteiger charge is -2.08. The number of benzene rings is 2. The molecule has 0 spiro atoms. The maximum atomic E-state index is 9.72. The van der Waals surface area contributed by atoms with Gasteiger partial charge in [-0.15, -0.1) is 0 Å². The lowest BCUT2D eigenvalue weighted by Crippen LogP contribution is -2.12. The molecule has 0 bridgehead atoms. The van der Waals surface area contributed by atoms with Gasteiger partial charge < -0.3 is 15.2 Å². The minimum atomic E-state index is 0.311. The van der Waals surface area contributed by atoms with E-state index < -0.39 is 0 Å². The van der Waals surface area contributed by atoms with E-state index in [-0.39, 0.29) is 0 Å². The van der Waals surface area contributed by atoms with E-state index in [4.69, 9.17) is 4.74 Å². The molecule has 2 rings (SSSR count). The number of hydrogen-bond acceptors (Lipinski definition) is 3. The molecule has 0 amide bonds. The topological polar surface area (TPSA) is 41.5 Å². The molecular formula is C15H16BrNO2. The Morgan fingerprint density at radius 1 is 1.11 bits per heavy atom. The third kappa shape index (κ3) is 3.98. The van der Waals surface area contributed by atoms with Crippen molar-refractivity contribution >= 4 is 15.9 Å². The van der Waals surface area contributed by atoms with E-state index in [1.807, 2.05) is 36.4 Å². The van der Waals surface area contributed by atoms with Crippen LogP contribution in [0.25, 0.3) is 0 Å². The van der Waals surface area contributed by atoms with Gasteiger partial charge in [-0.1, -0.05) is 28.1 Å². The van der Waals surface area contributed by atoms with E-state index in [1.54, 1.807) is 13.2 Å². The summed E-state index contributed by atoms with van der Waals surface area (Å²) in [4.78, 5) is 0. The van der Waals surface area contributed by atoms with Crippen LogP contribution in [0.15, 0.2) is 46.9 Å². The summed E-state index contributed by atoms with van der Waals surface area (Å²) in [6, 6.07) is 13.3. The molecule has 2 aromatic carbocycles. The van der Waals surface area contributed by atoms with E-state index in [9.17, 15) is 5.11 Å². The maximum absolute atomic E-state index is 9.72. The van der Waals surface area contributed by atoms with Crippen molar-refractivity contribution in [3.63, 3.8) is 0 Å². The van der Waals surface area contributed by atoms with Crippen molar-refractivity contribution in [2.75, 3.05) is 7.11 Å². The van der Waals surface area contributed by atoms with Gasteiger partial charge in [0.15, 0.2) is 0 Å². The summed E-state index contributed by atoms with van der Waals surface area (Å²) >= 11 is 3.40. The average molecular weight is 322 g/mol. The van der Waals surface area contributed by atoms with Crippen LogP contribution in [0.1, 0.15) is 11.1 Å². The number of hydrogen-bond donors (Lipinski definition) is 2. The molecule has 0 aromatic heterocycles. The number of aromatic hydroxyl groups is 1. The van der Waals surface area contributed by atoms with Gasteiger partial charge in [-0.25, -0.2) is 0 Å². The minimum Gasteiger partial charge on any atom is -0.508 e. The molecule has 2 aromatic rings. The fourth-order valence-electron chi connectivity index (χ4n) is 1.78. The number of methoxy groups -OCH3 is 1. The molecule has 19 heavy (non-hydrogen) atoms. The van der Waals surface area contributed by atoms with Crippen molar-refractivity contribution in [2.24, 2.45) is 0 Å². The van der Waals surface area contributed by atoms with E-state index >= 15 is 0 Å². The van der Waals surface area contributed by atoms with Crippen LogP contribution in [0, 0.1) is 0 Å². The highest BCUT2D eigenvalue weighted by atomic mass is 79.9. The van der Waals surface area contributed by atoms with Gasteiger partial charge in [0.2, 0.25) is 0 Å². The van der Waals surface area contributed by atoms with Crippen LogP contribution >= 0.6 is 15.9 Å². The lowest BCUT2D eigenvalue weighted by atomic mass is 10.2. The van der Waals surface area contributed by atoms with Gasteiger partial charge in [-0.2, -0.15) is 0 Å². The highest BCUT2D eigenvalue weighted by Gasteiger charge is 2.01. The van der Waals surface area contributed by atoms with Gasteiger partial charge in [0.05, 0.1) is 7.11 Å². The molecule has 3 nitrogen and oxygen atoms in total. The van der Waals surface area contributed by atoms with Crippen LogP contribution in [0.3, 0.4) is 0 Å². The zero-order chi connectivity index (χ0) is 13.7. The highest BCUT2D eigenvalue weighted by molar-refractivity contribution is 9.10. The monoisotopic (exact) mass is 321 g/mol. The fraction of sp³-hybridized carbons (Fsp3) is 0.200. The average Bonchev–Trinajstić information content (AvgIpc) is 2.43. The van der Waals surface area contributed by atoms with Crippen molar-refractivity contribution in [1.82, 2.24) is 5.32 Å². The molecule has 0 aliphatic rings. The zero-order valence-electron chi connectivity index (χ0n) is 10.7. The smallest absolute Gasteiger partial charge is 0.120 e. The molecule has 0 unspecified atom stereocenters. The third-order valence-corrected chi connectivity index (χ3v) is 3.34. The van der Waals surface area contributed by atoms with Gasteiger partial charge in [0.1, 0.15) is 11.5 Å². The molecule has 0 heterocycles. The van der Waals surface area contributed by atoms with Crippen LogP contribution in [-0.2, 0) is 13.1 Å². The summed E-state index contributed by atoms with van der Waals surface area (Å²) < 4.78 is 6.08. The first-order valence-electron chi connectivity index (χ1n) is 6.00. The second-order valence-corrected chi connectivity index (χ2v) is 5.14. The molecule has 2 N–H and O–H groups in total. The molecule has 0 saturated heterocycles. The number of ether oxygens (including phenoxy) is 1. The summed E-state index contributed by atoms with van der Waals surface area (Å²) in [5.74, 6) is 1.17. The van der Waals surface area contributed by atoms with Crippen molar-refractivity contribution in [3.8, 4) is 11.5 Å². The highest BCUT2D eigenvalue weighted by Crippen LogP contribution is 2.21. The molecular weight excluding hydrogens is 306 g/mol. The summed E-state index contributed by atoms with van der Waals surface area (Å²) in [5, 5.41) is 13.0. The molecule has 0 aliphatic carbocycles. The third-order valence-electron chi connectivity index (χ3n) is 2.85. The molecule has 0 aliphatic heterocycles. The van der Waals surface area contributed by atoms with E-state index in [0.29, 0.717) is 12.3 Å². The van der Waals surface area contributed by atoms with E-state index in [1.165, 1.54) is 5.56 Å². The number of phenols is 1. The predicted octanol–water partition coefficient (Wildman–Crippen LogP) is 3.45. The number of nitrogens with one attached hydrogen (secondary N) is 1. The first-order chi connectivity index (χ1) is 9.19. The van der Waals surface area contributed by atoms with Gasteiger partial charge in [-0.05, 0) is 35.9 Å².